The minimum Gasteiger partial charge on any atom is -0.325 e. The second kappa shape index (κ2) is 7.97. The molecule has 2 aromatic carbocycles. The first-order valence-corrected chi connectivity index (χ1v) is 12.1. The summed E-state index contributed by atoms with van der Waals surface area (Å²) in [6, 6.07) is 11.3. The van der Waals surface area contributed by atoms with Crippen LogP contribution >= 0.6 is 11.8 Å². The van der Waals surface area contributed by atoms with Gasteiger partial charge >= 0.3 is 0 Å². The van der Waals surface area contributed by atoms with E-state index in [4.69, 9.17) is 0 Å². The molecule has 0 unspecified atom stereocenters. The maximum absolute atomic E-state index is 12.9. The summed E-state index contributed by atoms with van der Waals surface area (Å²) >= 11 is 1.17. The normalized spacial score (nSPS) is 14.0. The van der Waals surface area contributed by atoms with Gasteiger partial charge in [0, 0.05) is 18.3 Å². The molecule has 0 atom stereocenters. The van der Waals surface area contributed by atoms with Crippen LogP contribution in [-0.2, 0) is 14.8 Å². The summed E-state index contributed by atoms with van der Waals surface area (Å²) in [6.45, 7) is 5.95. The van der Waals surface area contributed by atoms with E-state index in [1.54, 1.807) is 6.07 Å². The molecule has 4 rings (SSSR count). The van der Waals surface area contributed by atoms with Crippen molar-refractivity contribution in [2.45, 2.75) is 30.8 Å². The summed E-state index contributed by atoms with van der Waals surface area (Å²) in [6.07, 6.45) is 1.32. The molecule has 0 fully saturated rings. The van der Waals surface area contributed by atoms with Crippen LogP contribution in [0.15, 0.2) is 52.6 Å². The average Bonchev–Trinajstić information content (AvgIpc) is 2.73. The molecule has 160 valence electrons. The molecule has 1 aromatic heterocycles. The molecule has 9 heteroatoms. The number of amides is 1. The highest BCUT2D eigenvalue weighted by atomic mass is 32.2. The van der Waals surface area contributed by atoms with E-state index < -0.39 is 10.0 Å². The molecule has 31 heavy (non-hydrogen) atoms. The zero-order valence-corrected chi connectivity index (χ0v) is 19.3. The van der Waals surface area contributed by atoms with E-state index in [0.29, 0.717) is 16.5 Å². The summed E-state index contributed by atoms with van der Waals surface area (Å²) < 4.78 is 27.0. The minimum atomic E-state index is -3.72. The maximum atomic E-state index is 12.9. The van der Waals surface area contributed by atoms with Gasteiger partial charge < -0.3 is 5.32 Å². The third kappa shape index (κ3) is 4.03. The predicted molar refractivity (Wildman–Crippen MR) is 123 cm³/mol. The van der Waals surface area contributed by atoms with Gasteiger partial charge in [0.2, 0.25) is 5.91 Å². The van der Waals surface area contributed by atoms with Gasteiger partial charge in [-0.3, -0.25) is 9.10 Å². The molecule has 1 N–H and O–H groups in total. The lowest BCUT2D eigenvalue weighted by Gasteiger charge is -2.28. The molecule has 1 aliphatic rings. The van der Waals surface area contributed by atoms with Gasteiger partial charge in [0.1, 0.15) is 4.90 Å². The quantitative estimate of drug-likeness (QED) is 0.474. The number of benzene rings is 2. The van der Waals surface area contributed by atoms with Crippen molar-refractivity contribution in [3.8, 4) is 11.3 Å². The fourth-order valence-corrected chi connectivity index (χ4v) is 5.26. The number of rotatable bonds is 4. The summed E-state index contributed by atoms with van der Waals surface area (Å²) in [5.41, 5.74) is 5.66. The number of nitrogens with zero attached hydrogens (tertiary/aromatic N) is 3. The number of thioether (sulfide) groups is 1. The van der Waals surface area contributed by atoms with Crippen molar-refractivity contribution in [1.29, 1.82) is 0 Å². The van der Waals surface area contributed by atoms with Gasteiger partial charge in [-0.25, -0.2) is 18.4 Å². The van der Waals surface area contributed by atoms with Crippen molar-refractivity contribution >= 4 is 39.1 Å². The summed E-state index contributed by atoms with van der Waals surface area (Å²) in [5, 5.41) is 3.21. The van der Waals surface area contributed by atoms with E-state index in [-0.39, 0.29) is 16.6 Å². The number of carbonyl (C=O) groups is 1. The third-order valence-corrected chi connectivity index (χ3v) is 7.87. The Balaban J connectivity index is 1.57. The van der Waals surface area contributed by atoms with Crippen LogP contribution in [0, 0.1) is 20.8 Å². The van der Waals surface area contributed by atoms with Gasteiger partial charge in [0.05, 0.1) is 23.3 Å². The third-order valence-electron chi connectivity index (χ3n) is 5.24. The Morgan fingerprint density at radius 3 is 2.61 bits per heavy atom. The summed E-state index contributed by atoms with van der Waals surface area (Å²) in [7, 11) is -2.20. The molecule has 7 nitrogen and oxygen atoms in total. The van der Waals surface area contributed by atoms with E-state index in [9.17, 15) is 13.2 Å². The van der Waals surface area contributed by atoms with Crippen molar-refractivity contribution < 1.29 is 13.2 Å². The Bertz CT molecular complexity index is 1310. The van der Waals surface area contributed by atoms with Crippen molar-refractivity contribution in [3.63, 3.8) is 0 Å². The highest BCUT2D eigenvalue weighted by molar-refractivity contribution is 7.99. The SMILES string of the molecule is Cc1ccc2c(c1)-c1nc(SCC(=O)Nc3ccc(C)c(C)c3)ncc1S(=O)(=O)N2C. The number of sulfonamides is 1. The molecular weight excluding hydrogens is 432 g/mol. The van der Waals surface area contributed by atoms with Gasteiger partial charge in [-0.15, -0.1) is 0 Å². The van der Waals surface area contributed by atoms with Gasteiger partial charge in [0.25, 0.3) is 10.0 Å². The Morgan fingerprint density at radius 2 is 1.87 bits per heavy atom. The minimum absolute atomic E-state index is 0.0667. The van der Waals surface area contributed by atoms with Crippen LogP contribution in [0.3, 0.4) is 0 Å². The highest BCUT2D eigenvalue weighted by Gasteiger charge is 2.34. The second-order valence-corrected chi connectivity index (χ2v) is 10.4. The lowest BCUT2D eigenvalue weighted by Crippen LogP contribution is -2.31. The van der Waals surface area contributed by atoms with Crippen LogP contribution in [-0.4, -0.2) is 37.1 Å². The first-order valence-electron chi connectivity index (χ1n) is 9.64. The van der Waals surface area contributed by atoms with Gasteiger partial charge in [-0.1, -0.05) is 29.5 Å². The number of nitrogens with one attached hydrogen (secondary N) is 1. The van der Waals surface area contributed by atoms with E-state index >= 15 is 0 Å². The Morgan fingerprint density at radius 1 is 1.10 bits per heavy atom. The highest BCUT2D eigenvalue weighted by Crippen LogP contribution is 2.41. The smallest absolute Gasteiger partial charge is 0.267 e. The molecule has 3 aromatic rings. The first kappa shape index (κ1) is 21.3. The van der Waals surface area contributed by atoms with Gasteiger partial charge in [0.15, 0.2) is 5.16 Å². The van der Waals surface area contributed by atoms with Crippen LogP contribution in [0.2, 0.25) is 0 Å². The number of aryl methyl sites for hydroxylation is 3. The fourth-order valence-electron chi connectivity index (χ4n) is 3.34. The molecule has 0 aliphatic carbocycles. The Hall–Kier alpha value is -2.91. The number of fused-ring (bicyclic) bond motifs is 3. The molecule has 0 spiro atoms. The second-order valence-electron chi connectivity index (χ2n) is 7.49. The number of anilines is 2. The summed E-state index contributed by atoms with van der Waals surface area (Å²) in [5.74, 6) is -0.0721. The fraction of sp³-hybridized carbons (Fsp3) is 0.227. The predicted octanol–water partition coefficient (Wildman–Crippen LogP) is 3.94. The zero-order chi connectivity index (χ0) is 22.3. The van der Waals surface area contributed by atoms with Gasteiger partial charge in [-0.2, -0.15) is 0 Å². The number of hydrogen-bond acceptors (Lipinski definition) is 6. The van der Waals surface area contributed by atoms with Crippen molar-refractivity contribution in [3.05, 3.63) is 59.3 Å². The van der Waals surface area contributed by atoms with E-state index in [0.717, 1.165) is 27.9 Å². The largest absolute Gasteiger partial charge is 0.325 e. The van der Waals surface area contributed by atoms with Crippen LogP contribution in [0.5, 0.6) is 0 Å². The number of hydrogen-bond donors (Lipinski definition) is 1. The summed E-state index contributed by atoms with van der Waals surface area (Å²) in [4.78, 5) is 21.1. The molecule has 2 heterocycles. The van der Waals surface area contributed by atoms with Crippen molar-refractivity contribution in [2.24, 2.45) is 0 Å². The molecule has 0 saturated heterocycles. The molecule has 0 radical (unpaired) electrons. The lowest BCUT2D eigenvalue weighted by molar-refractivity contribution is -0.113. The molecule has 0 bridgehead atoms. The van der Waals surface area contributed by atoms with Crippen molar-refractivity contribution in [2.75, 3.05) is 22.4 Å². The topological polar surface area (TPSA) is 92.3 Å². The lowest BCUT2D eigenvalue weighted by atomic mass is 10.1. The first-order chi connectivity index (χ1) is 14.7. The van der Waals surface area contributed by atoms with Crippen LogP contribution in [0.25, 0.3) is 11.3 Å². The van der Waals surface area contributed by atoms with Crippen LogP contribution in [0.1, 0.15) is 16.7 Å². The monoisotopic (exact) mass is 454 g/mol. The van der Waals surface area contributed by atoms with E-state index in [1.807, 2.05) is 51.1 Å². The molecular formula is C22H22N4O3S2. The average molecular weight is 455 g/mol. The molecule has 0 saturated carbocycles. The van der Waals surface area contributed by atoms with E-state index in [1.165, 1.54) is 29.3 Å². The number of carbonyl (C=O) groups excluding carboxylic acids is 1. The maximum Gasteiger partial charge on any atom is 0.267 e. The van der Waals surface area contributed by atoms with E-state index in [2.05, 4.69) is 15.3 Å². The van der Waals surface area contributed by atoms with Gasteiger partial charge in [-0.05, 0) is 56.2 Å². The van der Waals surface area contributed by atoms with Crippen molar-refractivity contribution in [1.82, 2.24) is 9.97 Å². The van der Waals surface area contributed by atoms with Crippen LogP contribution in [0.4, 0.5) is 11.4 Å². The molecule has 1 amide bonds. The zero-order valence-electron chi connectivity index (χ0n) is 17.6. The Labute approximate surface area is 186 Å². The Kier molecular flexibility index (Phi) is 5.49. The standard InChI is InChI=1S/C22H22N4O3S2/c1-13-5-8-18-17(9-13)21-19(31(28,29)26(18)4)11-23-22(25-21)30-12-20(27)24-16-7-6-14(2)15(3)10-16/h5-11H,12H2,1-4H3,(H,24,27). The number of aromatic nitrogens is 2. The molecule has 1 aliphatic heterocycles. The van der Waals surface area contributed by atoms with Crippen LogP contribution < -0.4 is 9.62 Å².